The molecule has 0 aliphatic heterocycles. The Labute approximate surface area is 76.1 Å². The van der Waals surface area contributed by atoms with Crippen LogP contribution in [0.2, 0.25) is 0 Å². The molecular formula is C12H20. The van der Waals surface area contributed by atoms with Crippen LogP contribution in [0.5, 0.6) is 0 Å². The average Bonchev–Trinajstić information content (AvgIpc) is 2.30. The molecule has 2 atom stereocenters. The van der Waals surface area contributed by atoms with E-state index < -0.39 is 0 Å². The molecule has 12 heavy (non-hydrogen) atoms. The van der Waals surface area contributed by atoms with Crippen molar-refractivity contribution in [1.29, 1.82) is 0 Å². The average molecular weight is 164 g/mol. The van der Waals surface area contributed by atoms with E-state index in [0.29, 0.717) is 0 Å². The zero-order chi connectivity index (χ0) is 8.39. The lowest BCUT2D eigenvalue weighted by Crippen LogP contribution is -2.19. The highest BCUT2D eigenvalue weighted by molar-refractivity contribution is 5.06. The van der Waals surface area contributed by atoms with Crippen molar-refractivity contribution in [2.24, 2.45) is 11.8 Å². The normalized spacial score (nSPS) is 37.2. The third kappa shape index (κ3) is 1.57. The van der Waals surface area contributed by atoms with Crippen LogP contribution in [0, 0.1) is 11.8 Å². The minimum absolute atomic E-state index is 0.918. The van der Waals surface area contributed by atoms with E-state index in [4.69, 9.17) is 0 Å². The van der Waals surface area contributed by atoms with Crippen molar-refractivity contribution in [3.8, 4) is 0 Å². The van der Waals surface area contributed by atoms with Crippen LogP contribution in [0.15, 0.2) is 12.2 Å². The Bertz CT molecular complexity index is 169. The number of hydrogen-bond donors (Lipinski definition) is 0. The highest BCUT2D eigenvalue weighted by Crippen LogP contribution is 2.41. The Balaban J connectivity index is 2.05. The molecule has 2 rings (SSSR count). The molecule has 0 amide bonds. The van der Waals surface area contributed by atoms with Crippen LogP contribution in [0.1, 0.15) is 51.4 Å². The van der Waals surface area contributed by atoms with E-state index in [9.17, 15) is 0 Å². The number of allylic oxidation sites excluding steroid dienone is 1. The maximum atomic E-state index is 4.24. The predicted octanol–water partition coefficient (Wildman–Crippen LogP) is 3.92. The van der Waals surface area contributed by atoms with Gasteiger partial charge in [0.1, 0.15) is 0 Å². The Kier molecular flexibility index (Phi) is 2.53. The van der Waals surface area contributed by atoms with Gasteiger partial charge in [-0.3, -0.25) is 0 Å². The molecule has 0 N–H and O–H groups in total. The minimum Gasteiger partial charge on any atom is -0.0996 e. The fraction of sp³-hybridized carbons (Fsp3) is 0.833. The molecule has 2 aliphatic carbocycles. The van der Waals surface area contributed by atoms with E-state index in [-0.39, 0.29) is 0 Å². The van der Waals surface area contributed by atoms with Crippen molar-refractivity contribution in [3.05, 3.63) is 12.2 Å². The molecule has 0 nitrogen and oxygen atoms in total. The second-order valence-corrected chi connectivity index (χ2v) is 4.56. The van der Waals surface area contributed by atoms with Gasteiger partial charge in [0, 0.05) is 0 Å². The van der Waals surface area contributed by atoms with Gasteiger partial charge < -0.3 is 0 Å². The lowest BCUT2D eigenvalue weighted by molar-refractivity contribution is 0.288. The summed E-state index contributed by atoms with van der Waals surface area (Å²) in [5, 5.41) is 0. The van der Waals surface area contributed by atoms with Gasteiger partial charge in [0.15, 0.2) is 0 Å². The summed E-state index contributed by atoms with van der Waals surface area (Å²) in [5.41, 5.74) is 1.58. The van der Waals surface area contributed by atoms with Crippen LogP contribution >= 0.6 is 0 Å². The molecule has 0 heteroatoms. The molecular weight excluding hydrogens is 144 g/mol. The van der Waals surface area contributed by atoms with Gasteiger partial charge >= 0.3 is 0 Å². The number of hydrogen-bond acceptors (Lipinski definition) is 0. The van der Waals surface area contributed by atoms with Gasteiger partial charge in [0.25, 0.3) is 0 Å². The highest BCUT2D eigenvalue weighted by Gasteiger charge is 2.28. The Morgan fingerprint density at radius 3 is 2.58 bits per heavy atom. The van der Waals surface area contributed by atoms with Gasteiger partial charge in [-0.05, 0) is 43.9 Å². The minimum atomic E-state index is 0.918. The fourth-order valence-electron chi connectivity index (χ4n) is 3.04. The summed E-state index contributed by atoms with van der Waals surface area (Å²) >= 11 is 0. The van der Waals surface area contributed by atoms with E-state index in [0.717, 1.165) is 11.8 Å². The van der Waals surface area contributed by atoms with Gasteiger partial charge in [-0.1, -0.05) is 31.4 Å². The molecule has 0 spiro atoms. The van der Waals surface area contributed by atoms with Crippen molar-refractivity contribution >= 4 is 0 Å². The molecule has 2 saturated carbocycles. The van der Waals surface area contributed by atoms with E-state index in [1.165, 1.54) is 51.4 Å². The smallest absolute Gasteiger partial charge is 0.0178 e. The SMILES string of the molecule is C=C1CCCC2CCCCCC12. The standard InChI is InChI=1S/C12H20/c1-10-6-5-8-11-7-3-2-4-9-12(10)11/h11-12H,1-9H2. The first-order valence-corrected chi connectivity index (χ1v) is 5.55. The largest absolute Gasteiger partial charge is 0.0996 e. The highest BCUT2D eigenvalue weighted by atomic mass is 14.3. The maximum absolute atomic E-state index is 4.24. The lowest BCUT2D eigenvalue weighted by Gasteiger charge is -2.31. The van der Waals surface area contributed by atoms with Crippen molar-refractivity contribution in [1.82, 2.24) is 0 Å². The van der Waals surface area contributed by atoms with Crippen LogP contribution in [-0.4, -0.2) is 0 Å². The fourth-order valence-corrected chi connectivity index (χ4v) is 3.04. The van der Waals surface area contributed by atoms with Crippen molar-refractivity contribution in [3.63, 3.8) is 0 Å². The number of rotatable bonds is 0. The summed E-state index contributed by atoms with van der Waals surface area (Å²) in [7, 11) is 0. The summed E-state index contributed by atoms with van der Waals surface area (Å²) in [4.78, 5) is 0. The number of fused-ring (bicyclic) bond motifs is 1. The van der Waals surface area contributed by atoms with E-state index in [1.807, 2.05) is 0 Å². The quantitative estimate of drug-likeness (QED) is 0.476. The summed E-state index contributed by atoms with van der Waals surface area (Å²) in [5.74, 6) is 1.94. The Morgan fingerprint density at radius 2 is 1.67 bits per heavy atom. The molecule has 0 aromatic carbocycles. The first kappa shape index (κ1) is 8.34. The van der Waals surface area contributed by atoms with Crippen LogP contribution in [-0.2, 0) is 0 Å². The zero-order valence-corrected chi connectivity index (χ0v) is 8.02. The Morgan fingerprint density at radius 1 is 0.917 bits per heavy atom. The van der Waals surface area contributed by atoms with Gasteiger partial charge in [-0.2, -0.15) is 0 Å². The molecule has 0 heterocycles. The molecule has 2 fully saturated rings. The van der Waals surface area contributed by atoms with Gasteiger partial charge in [-0.25, -0.2) is 0 Å². The second kappa shape index (κ2) is 3.64. The van der Waals surface area contributed by atoms with Crippen LogP contribution < -0.4 is 0 Å². The zero-order valence-electron chi connectivity index (χ0n) is 8.02. The second-order valence-electron chi connectivity index (χ2n) is 4.56. The molecule has 0 radical (unpaired) electrons. The third-order valence-electron chi connectivity index (χ3n) is 3.76. The summed E-state index contributed by atoms with van der Waals surface area (Å²) in [6.07, 6.45) is 11.6. The molecule has 68 valence electrons. The summed E-state index contributed by atoms with van der Waals surface area (Å²) in [6, 6.07) is 0. The topological polar surface area (TPSA) is 0 Å². The van der Waals surface area contributed by atoms with Crippen LogP contribution in [0.4, 0.5) is 0 Å². The molecule has 2 aliphatic rings. The van der Waals surface area contributed by atoms with Gasteiger partial charge in [-0.15, -0.1) is 0 Å². The summed E-state index contributed by atoms with van der Waals surface area (Å²) in [6.45, 7) is 4.24. The lowest BCUT2D eigenvalue weighted by atomic mass is 9.74. The van der Waals surface area contributed by atoms with Gasteiger partial charge in [0.2, 0.25) is 0 Å². The monoisotopic (exact) mass is 164 g/mol. The molecule has 0 aromatic heterocycles. The van der Waals surface area contributed by atoms with E-state index in [2.05, 4.69) is 6.58 Å². The van der Waals surface area contributed by atoms with Gasteiger partial charge in [0.05, 0.1) is 0 Å². The van der Waals surface area contributed by atoms with E-state index >= 15 is 0 Å². The molecule has 0 aromatic rings. The molecule has 0 bridgehead atoms. The first-order chi connectivity index (χ1) is 5.88. The van der Waals surface area contributed by atoms with Crippen LogP contribution in [0.25, 0.3) is 0 Å². The van der Waals surface area contributed by atoms with E-state index in [1.54, 1.807) is 5.57 Å². The third-order valence-corrected chi connectivity index (χ3v) is 3.76. The summed E-state index contributed by atoms with van der Waals surface area (Å²) < 4.78 is 0. The predicted molar refractivity (Wildman–Crippen MR) is 53.1 cm³/mol. The van der Waals surface area contributed by atoms with Crippen molar-refractivity contribution in [2.75, 3.05) is 0 Å². The molecule has 0 saturated heterocycles. The maximum Gasteiger partial charge on any atom is -0.0178 e. The van der Waals surface area contributed by atoms with Crippen molar-refractivity contribution < 1.29 is 0 Å². The van der Waals surface area contributed by atoms with Crippen LogP contribution in [0.3, 0.4) is 0 Å². The van der Waals surface area contributed by atoms with Crippen molar-refractivity contribution in [2.45, 2.75) is 51.4 Å². The molecule has 2 unspecified atom stereocenters. The first-order valence-electron chi connectivity index (χ1n) is 5.55. The Hall–Kier alpha value is -0.260.